The van der Waals surface area contributed by atoms with Crippen molar-refractivity contribution in [3.05, 3.63) is 23.8 Å². The van der Waals surface area contributed by atoms with E-state index in [9.17, 15) is 5.11 Å². The van der Waals surface area contributed by atoms with E-state index in [0.29, 0.717) is 22.7 Å². The lowest BCUT2D eigenvalue weighted by Crippen LogP contribution is -2.53. The predicted octanol–water partition coefficient (Wildman–Crippen LogP) is 4.48. The van der Waals surface area contributed by atoms with Crippen LogP contribution < -0.4 is 0 Å². The minimum Gasteiger partial charge on any atom is -0.389 e. The van der Waals surface area contributed by atoms with E-state index in [2.05, 4.69) is 32.1 Å². The molecule has 1 N–H and O–H groups in total. The third kappa shape index (κ3) is 1.59. The zero-order valence-corrected chi connectivity index (χ0v) is 12.9. The fraction of sp³-hybridized carbons (Fsp3) is 0.789. The van der Waals surface area contributed by atoms with Crippen molar-refractivity contribution in [3.63, 3.8) is 0 Å². The molecule has 0 unspecified atom stereocenters. The number of rotatable bonds is 0. The maximum absolute atomic E-state index is 10.8. The van der Waals surface area contributed by atoms with Gasteiger partial charge in [-0.1, -0.05) is 44.1 Å². The van der Waals surface area contributed by atoms with Crippen molar-refractivity contribution in [2.75, 3.05) is 0 Å². The van der Waals surface area contributed by atoms with Crippen LogP contribution in [0.4, 0.5) is 0 Å². The minimum absolute atomic E-state index is 0.189. The molecule has 110 valence electrons. The number of hydrogen-bond acceptors (Lipinski definition) is 1. The quantitative estimate of drug-likeness (QED) is 0.645. The highest BCUT2D eigenvalue weighted by Gasteiger charge is 2.56. The van der Waals surface area contributed by atoms with Crippen LogP contribution in [0, 0.1) is 28.6 Å². The van der Waals surface area contributed by atoms with Crippen LogP contribution in [0.1, 0.15) is 58.8 Å². The summed E-state index contributed by atoms with van der Waals surface area (Å²) in [4.78, 5) is 0. The average molecular weight is 272 g/mol. The van der Waals surface area contributed by atoms with Crippen LogP contribution in [-0.4, -0.2) is 11.2 Å². The molecule has 1 nitrogen and oxygen atoms in total. The second kappa shape index (κ2) is 4.22. The molecule has 0 saturated heterocycles. The van der Waals surface area contributed by atoms with Crippen LogP contribution in [0.3, 0.4) is 0 Å². The summed E-state index contributed by atoms with van der Waals surface area (Å²) in [6.07, 6.45) is 16.0. The third-order valence-electron chi connectivity index (χ3n) is 7.37. The molecule has 2 saturated carbocycles. The third-order valence-corrected chi connectivity index (χ3v) is 7.37. The molecule has 0 bridgehead atoms. The molecule has 0 radical (unpaired) electrons. The summed E-state index contributed by atoms with van der Waals surface area (Å²) < 4.78 is 0. The highest BCUT2D eigenvalue weighted by Crippen LogP contribution is 2.63. The van der Waals surface area contributed by atoms with Crippen molar-refractivity contribution in [1.29, 1.82) is 0 Å². The molecule has 0 aliphatic heterocycles. The van der Waals surface area contributed by atoms with Gasteiger partial charge in [0.25, 0.3) is 0 Å². The van der Waals surface area contributed by atoms with E-state index in [-0.39, 0.29) is 6.10 Å². The molecule has 0 spiro atoms. The monoisotopic (exact) mass is 272 g/mol. The Morgan fingerprint density at radius 3 is 2.85 bits per heavy atom. The molecule has 4 rings (SSSR count). The van der Waals surface area contributed by atoms with Gasteiger partial charge in [0.2, 0.25) is 0 Å². The lowest BCUT2D eigenvalue weighted by molar-refractivity contribution is -0.0681. The molecule has 0 aromatic heterocycles. The number of fused-ring (bicyclic) bond motifs is 5. The van der Waals surface area contributed by atoms with Gasteiger partial charge in [-0.25, -0.2) is 0 Å². The number of hydrogen-bond donors (Lipinski definition) is 1. The normalized spacial score (nSPS) is 53.9. The average Bonchev–Trinajstić information content (AvgIpc) is 2.81. The van der Waals surface area contributed by atoms with Gasteiger partial charge in [0, 0.05) is 0 Å². The first kappa shape index (κ1) is 13.1. The molecule has 1 heteroatoms. The molecule has 2 fully saturated rings. The Morgan fingerprint density at radius 2 is 2.00 bits per heavy atom. The van der Waals surface area contributed by atoms with Gasteiger partial charge in [-0.15, -0.1) is 0 Å². The maximum Gasteiger partial charge on any atom is 0.0757 e. The van der Waals surface area contributed by atoms with E-state index in [1.807, 2.05) is 0 Å². The van der Waals surface area contributed by atoms with Crippen LogP contribution >= 0.6 is 0 Å². The second-order valence-corrected chi connectivity index (χ2v) is 8.28. The largest absolute Gasteiger partial charge is 0.389 e. The van der Waals surface area contributed by atoms with Gasteiger partial charge in [-0.2, -0.15) is 0 Å². The first-order valence-corrected chi connectivity index (χ1v) is 8.61. The van der Waals surface area contributed by atoms with Crippen molar-refractivity contribution >= 4 is 0 Å². The highest BCUT2D eigenvalue weighted by molar-refractivity contribution is 5.28. The number of aliphatic hydroxyl groups is 1. The van der Waals surface area contributed by atoms with Gasteiger partial charge >= 0.3 is 0 Å². The van der Waals surface area contributed by atoms with Gasteiger partial charge in [0.05, 0.1) is 6.10 Å². The summed E-state index contributed by atoms with van der Waals surface area (Å²) in [5, 5.41) is 10.8. The van der Waals surface area contributed by atoms with E-state index in [1.165, 1.54) is 44.9 Å². The van der Waals surface area contributed by atoms with E-state index in [0.717, 1.165) is 5.92 Å². The molecule has 6 atom stereocenters. The summed E-state index contributed by atoms with van der Waals surface area (Å²) in [5.74, 6) is 1.89. The Kier molecular flexibility index (Phi) is 2.77. The van der Waals surface area contributed by atoms with Gasteiger partial charge in [0.1, 0.15) is 0 Å². The van der Waals surface area contributed by atoms with E-state index in [1.54, 1.807) is 5.57 Å². The van der Waals surface area contributed by atoms with Crippen LogP contribution in [-0.2, 0) is 0 Å². The van der Waals surface area contributed by atoms with Gasteiger partial charge in [-0.3, -0.25) is 0 Å². The van der Waals surface area contributed by atoms with Crippen LogP contribution in [0.25, 0.3) is 0 Å². The van der Waals surface area contributed by atoms with Crippen molar-refractivity contribution in [2.24, 2.45) is 28.6 Å². The predicted molar refractivity (Wildman–Crippen MR) is 82.2 cm³/mol. The zero-order valence-electron chi connectivity index (χ0n) is 12.9. The highest BCUT2D eigenvalue weighted by atomic mass is 16.3. The maximum atomic E-state index is 10.8. The number of allylic oxidation sites excluding steroid dienone is 3. The molecule has 4 aliphatic carbocycles. The first-order valence-electron chi connectivity index (χ1n) is 8.61. The second-order valence-electron chi connectivity index (χ2n) is 8.28. The molecule has 0 aromatic rings. The molecule has 0 aromatic carbocycles. The minimum atomic E-state index is -0.189. The van der Waals surface area contributed by atoms with E-state index >= 15 is 0 Å². The summed E-state index contributed by atoms with van der Waals surface area (Å²) in [5.41, 5.74) is 2.34. The zero-order chi connectivity index (χ0) is 14.0. The molecular weight excluding hydrogens is 244 g/mol. The van der Waals surface area contributed by atoms with E-state index in [4.69, 9.17) is 0 Å². The van der Waals surface area contributed by atoms with Crippen molar-refractivity contribution in [2.45, 2.75) is 64.9 Å². The molecular formula is C19H28O. The van der Waals surface area contributed by atoms with Crippen LogP contribution in [0.2, 0.25) is 0 Å². The smallest absolute Gasteiger partial charge is 0.0757 e. The standard InChI is InChI=1S/C19H28O/c1-18-9-5-7-14(18)17-15(8-11-18)19(2)10-4-3-6-13(19)12-16(17)20/h5,9,12,14-17,20H,3-4,6-8,10-11H2,1-2H3/t14-,15-,16+,17-,18-,19-/m0/s1. The SMILES string of the molecule is C[C@@]12C=CC[C@H]1[C@@H]1[C@H](O)C=C3CCCC[C@]3(C)[C@H]1CC2. The Labute approximate surface area is 123 Å². The van der Waals surface area contributed by atoms with Crippen LogP contribution in [0.15, 0.2) is 23.8 Å². The summed E-state index contributed by atoms with van der Waals surface area (Å²) in [6, 6.07) is 0. The Bertz CT molecular complexity index is 476. The lowest BCUT2D eigenvalue weighted by Gasteiger charge is -2.58. The van der Waals surface area contributed by atoms with Crippen LogP contribution in [0.5, 0.6) is 0 Å². The first-order chi connectivity index (χ1) is 9.55. The molecule has 20 heavy (non-hydrogen) atoms. The van der Waals surface area contributed by atoms with Gasteiger partial charge < -0.3 is 5.11 Å². The molecule has 4 aliphatic rings. The topological polar surface area (TPSA) is 20.2 Å². The van der Waals surface area contributed by atoms with Crippen molar-refractivity contribution in [1.82, 2.24) is 0 Å². The fourth-order valence-corrected chi connectivity index (χ4v) is 6.17. The van der Waals surface area contributed by atoms with Crippen molar-refractivity contribution < 1.29 is 5.11 Å². The Hall–Kier alpha value is -0.560. The summed E-state index contributed by atoms with van der Waals surface area (Å²) in [6.45, 7) is 4.93. The van der Waals surface area contributed by atoms with Crippen molar-refractivity contribution in [3.8, 4) is 0 Å². The summed E-state index contributed by atoms with van der Waals surface area (Å²) >= 11 is 0. The van der Waals surface area contributed by atoms with Gasteiger partial charge in [-0.05, 0) is 67.1 Å². The van der Waals surface area contributed by atoms with E-state index < -0.39 is 0 Å². The lowest BCUT2D eigenvalue weighted by atomic mass is 9.47. The summed E-state index contributed by atoms with van der Waals surface area (Å²) in [7, 11) is 0. The van der Waals surface area contributed by atoms with Gasteiger partial charge in [0.15, 0.2) is 0 Å². The fourth-order valence-electron chi connectivity index (χ4n) is 6.17. The number of aliphatic hydroxyl groups excluding tert-OH is 1. The Morgan fingerprint density at radius 1 is 1.15 bits per heavy atom. The molecule has 0 amide bonds. The Balaban J connectivity index is 1.75. The molecule has 0 heterocycles.